The van der Waals surface area contributed by atoms with Crippen LogP contribution >= 0.6 is 0 Å². The minimum atomic E-state index is -3.23. The SMILES string of the molecule is COc1cc(C2=C(c3ccc(S(C)(=O)=O)cc3)CCC2)ccc1C(F)F. The van der Waals surface area contributed by atoms with Crippen LogP contribution in [0.15, 0.2) is 47.4 Å². The Labute approximate surface area is 152 Å². The van der Waals surface area contributed by atoms with Crippen LogP contribution in [0.1, 0.15) is 42.4 Å². The van der Waals surface area contributed by atoms with Crippen molar-refractivity contribution < 1.29 is 21.9 Å². The van der Waals surface area contributed by atoms with E-state index in [1.807, 2.05) is 12.1 Å². The maximum atomic E-state index is 13.1. The summed E-state index contributed by atoms with van der Waals surface area (Å²) in [5.74, 6) is 0.184. The fourth-order valence-electron chi connectivity index (χ4n) is 3.36. The molecule has 0 N–H and O–H groups in total. The van der Waals surface area contributed by atoms with E-state index in [0.29, 0.717) is 0 Å². The Morgan fingerprint density at radius 2 is 1.54 bits per heavy atom. The number of alkyl halides is 2. The predicted octanol–water partition coefficient (Wildman–Crippen LogP) is 5.13. The number of sulfone groups is 1. The lowest BCUT2D eigenvalue weighted by atomic mass is 9.96. The average Bonchev–Trinajstić information content (AvgIpc) is 3.10. The maximum absolute atomic E-state index is 13.1. The molecule has 26 heavy (non-hydrogen) atoms. The van der Waals surface area contributed by atoms with Crippen LogP contribution in [0.4, 0.5) is 8.78 Å². The van der Waals surface area contributed by atoms with Gasteiger partial charge in [-0.15, -0.1) is 0 Å². The van der Waals surface area contributed by atoms with Crippen molar-refractivity contribution in [3.63, 3.8) is 0 Å². The Bertz CT molecular complexity index is 946. The molecular weight excluding hydrogens is 358 g/mol. The van der Waals surface area contributed by atoms with Crippen LogP contribution in [0.5, 0.6) is 5.75 Å². The van der Waals surface area contributed by atoms with E-state index in [1.165, 1.54) is 19.4 Å². The molecule has 0 aromatic heterocycles. The number of benzene rings is 2. The molecule has 0 atom stereocenters. The standard InChI is InChI=1S/C20H20F2O3S/c1-25-19-12-14(8-11-18(19)20(21)22)17-5-3-4-16(17)13-6-9-15(10-7-13)26(2,23)24/h6-12,20H,3-5H2,1-2H3. The maximum Gasteiger partial charge on any atom is 0.267 e. The van der Waals surface area contributed by atoms with E-state index < -0.39 is 16.3 Å². The first-order valence-electron chi connectivity index (χ1n) is 8.30. The second-order valence-corrected chi connectivity index (χ2v) is 8.38. The molecule has 0 heterocycles. The van der Waals surface area contributed by atoms with Gasteiger partial charge in [0.15, 0.2) is 9.84 Å². The lowest BCUT2D eigenvalue weighted by Gasteiger charge is -2.13. The number of ether oxygens (including phenoxy) is 1. The van der Waals surface area contributed by atoms with E-state index in [4.69, 9.17) is 4.74 Å². The third kappa shape index (κ3) is 3.65. The molecule has 2 aromatic carbocycles. The smallest absolute Gasteiger partial charge is 0.267 e. The highest BCUT2D eigenvalue weighted by Gasteiger charge is 2.21. The van der Waals surface area contributed by atoms with Crippen molar-refractivity contribution in [1.82, 2.24) is 0 Å². The number of hydrogen-bond donors (Lipinski definition) is 0. The molecule has 0 bridgehead atoms. The highest BCUT2D eigenvalue weighted by Crippen LogP contribution is 2.42. The van der Waals surface area contributed by atoms with Crippen LogP contribution in [-0.2, 0) is 9.84 Å². The van der Waals surface area contributed by atoms with Crippen molar-refractivity contribution in [3.8, 4) is 5.75 Å². The van der Waals surface area contributed by atoms with Gasteiger partial charge in [-0.05, 0) is 65.8 Å². The zero-order valence-electron chi connectivity index (χ0n) is 14.6. The van der Waals surface area contributed by atoms with Crippen LogP contribution in [-0.4, -0.2) is 21.8 Å². The topological polar surface area (TPSA) is 43.4 Å². The molecule has 0 amide bonds. The van der Waals surface area contributed by atoms with Gasteiger partial charge in [-0.25, -0.2) is 17.2 Å². The van der Waals surface area contributed by atoms with E-state index in [2.05, 4.69) is 0 Å². The fraction of sp³-hybridized carbons (Fsp3) is 0.300. The van der Waals surface area contributed by atoms with Crippen LogP contribution < -0.4 is 4.74 Å². The van der Waals surface area contributed by atoms with Crippen molar-refractivity contribution in [2.24, 2.45) is 0 Å². The van der Waals surface area contributed by atoms with E-state index in [1.54, 1.807) is 24.3 Å². The highest BCUT2D eigenvalue weighted by atomic mass is 32.2. The molecule has 2 aromatic rings. The lowest BCUT2D eigenvalue weighted by Crippen LogP contribution is -1.97. The van der Waals surface area contributed by atoms with Gasteiger partial charge >= 0.3 is 0 Å². The number of halogens is 2. The predicted molar refractivity (Wildman–Crippen MR) is 98.2 cm³/mol. The first-order chi connectivity index (χ1) is 12.3. The molecule has 6 heteroatoms. The second kappa shape index (κ2) is 7.19. The third-order valence-corrected chi connectivity index (χ3v) is 5.79. The molecule has 1 aliphatic carbocycles. The van der Waals surface area contributed by atoms with Gasteiger partial charge in [-0.3, -0.25) is 0 Å². The van der Waals surface area contributed by atoms with Gasteiger partial charge in [0.2, 0.25) is 0 Å². The van der Waals surface area contributed by atoms with Gasteiger partial charge in [0.1, 0.15) is 5.75 Å². The summed E-state index contributed by atoms with van der Waals surface area (Å²) in [6, 6.07) is 11.6. The normalized spacial score (nSPS) is 15.0. The van der Waals surface area contributed by atoms with Gasteiger partial charge in [0.25, 0.3) is 6.43 Å². The zero-order valence-corrected chi connectivity index (χ0v) is 15.4. The quantitative estimate of drug-likeness (QED) is 0.724. The Hall–Kier alpha value is -2.21. The number of allylic oxidation sites excluding steroid dienone is 2. The molecule has 0 radical (unpaired) electrons. The molecule has 0 fully saturated rings. The Morgan fingerprint density at radius 3 is 2.08 bits per heavy atom. The summed E-state index contributed by atoms with van der Waals surface area (Å²) in [5, 5.41) is 0. The van der Waals surface area contributed by atoms with Crippen molar-refractivity contribution in [2.75, 3.05) is 13.4 Å². The Morgan fingerprint density at radius 1 is 0.962 bits per heavy atom. The summed E-state index contributed by atoms with van der Waals surface area (Å²) in [4.78, 5) is 0.282. The van der Waals surface area contributed by atoms with Crippen molar-refractivity contribution >= 4 is 21.0 Å². The second-order valence-electron chi connectivity index (χ2n) is 6.36. The molecule has 0 saturated heterocycles. The summed E-state index contributed by atoms with van der Waals surface area (Å²) in [7, 11) is -1.85. The zero-order chi connectivity index (χ0) is 18.9. The molecule has 138 valence electrons. The van der Waals surface area contributed by atoms with E-state index in [0.717, 1.165) is 41.5 Å². The fourth-order valence-corrected chi connectivity index (χ4v) is 3.99. The van der Waals surface area contributed by atoms with Crippen molar-refractivity contribution in [3.05, 3.63) is 59.2 Å². The monoisotopic (exact) mass is 378 g/mol. The number of rotatable bonds is 5. The summed E-state index contributed by atoms with van der Waals surface area (Å²) < 4.78 is 54.5. The molecule has 0 saturated carbocycles. The molecule has 3 rings (SSSR count). The van der Waals surface area contributed by atoms with Crippen LogP contribution in [0.25, 0.3) is 11.1 Å². The van der Waals surface area contributed by atoms with E-state index in [9.17, 15) is 17.2 Å². The lowest BCUT2D eigenvalue weighted by molar-refractivity contribution is 0.147. The minimum absolute atomic E-state index is 0.117. The molecule has 0 aliphatic heterocycles. The van der Waals surface area contributed by atoms with E-state index in [-0.39, 0.29) is 16.2 Å². The summed E-state index contributed by atoms with van der Waals surface area (Å²) in [6.45, 7) is 0. The molecule has 1 aliphatic rings. The van der Waals surface area contributed by atoms with Crippen LogP contribution in [0.2, 0.25) is 0 Å². The Balaban J connectivity index is 2.03. The van der Waals surface area contributed by atoms with Gasteiger partial charge in [-0.2, -0.15) is 0 Å². The Kier molecular flexibility index (Phi) is 5.14. The summed E-state index contributed by atoms with van der Waals surface area (Å²) in [5.41, 5.74) is 3.93. The first kappa shape index (κ1) is 18.6. The molecular formula is C20H20F2O3S. The van der Waals surface area contributed by atoms with Gasteiger partial charge < -0.3 is 4.74 Å². The summed E-state index contributed by atoms with van der Waals surface area (Å²) in [6.07, 6.45) is 1.28. The third-order valence-electron chi connectivity index (χ3n) is 4.67. The highest BCUT2D eigenvalue weighted by molar-refractivity contribution is 7.90. The van der Waals surface area contributed by atoms with Gasteiger partial charge in [0, 0.05) is 6.26 Å². The van der Waals surface area contributed by atoms with Gasteiger partial charge in [-0.1, -0.05) is 18.2 Å². The molecule has 3 nitrogen and oxygen atoms in total. The van der Waals surface area contributed by atoms with Crippen molar-refractivity contribution in [2.45, 2.75) is 30.6 Å². The largest absolute Gasteiger partial charge is 0.496 e. The average molecular weight is 378 g/mol. The minimum Gasteiger partial charge on any atom is -0.496 e. The number of hydrogen-bond acceptors (Lipinski definition) is 3. The van der Waals surface area contributed by atoms with Crippen LogP contribution in [0.3, 0.4) is 0 Å². The first-order valence-corrected chi connectivity index (χ1v) is 10.2. The molecule has 0 unspecified atom stereocenters. The van der Waals surface area contributed by atoms with E-state index >= 15 is 0 Å². The number of methoxy groups -OCH3 is 1. The van der Waals surface area contributed by atoms with Gasteiger partial charge in [0.05, 0.1) is 17.6 Å². The summed E-state index contributed by atoms with van der Waals surface area (Å²) >= 11 is 0. The van der Waals surface area contributed by atoms with Crippen molar-refractivity contribution in [1.29, 1.82) is 0 Å². The van der Waals surface area contributed by atoms with Crippen LogP contribution in [0, 0.1) is 0 Å². The molecule has 0 spiro atoms.